The van der Waals surface area contributed by atoms with E-state index in [9.17, 15) is 9.90 Å². The normalized spacial score (nSPS) is 18.3. The lowest BCUT2D eigenvalue weighted by molar-refractivity contribution is 0.151. The van der Waals surface area contributed by atoms with Gasteiger partial charge in [-0.05, 0) is 49.6 Å². The molecule has 0 bridgehead atoms. The third-order valence-electron chi connectivity index (χ3n) is 5.38. The molecule has 0 unspecified atom stereocenters. The van der Waals surface area contributed by atoms with Crippen LogP contribution in [0.5, 0.6) is 5.75 Å². The molecular formula is C22H23NO3. The highest BCUT2D eigenvalue weighted by Crippen LogP contribution is 2.34. The molecule has 2 heterocycles. The zero-order chi connectivity index (χ0) is 18.1. The van der Waals surface area contributed by atoms with Crippen LogP contribution in [0, 0.1) is 0 Å². The first kappa shape index (κ1) is 16.9. The van der Waals surface area contributed by atoms with E-state index in [4.69, 9.17) is 4.42 Å². The van der Waals surface area contributed by atoms with Gasteiger partial charge in [0, 0.05) is 24.0 Å². The number of hydrogen-bond acceptors (Lipinski definition) is 4. The maximum absolute atomic E-state index is 12.2. The van der Waals surface area contributed by atoms with Crippen LogP contribution in [0.15, 0.2) is 57.7 Å². The summed E-state index contributed by atoms with van der Waals surface area (Å²) in [6.45, 7) is 3.80. The number of hydrogen-bond donors (Lipinski definition) is 1. The molecule has 0 saturated carbocycles. The summed E-state index contributed by atoms with van der Waals surface area (Å²) in [5.74, 6) is 0.184. The Kier molecular flexibility index (Phi) is 4.51. The van der Waals surface area contributed by atoms with Gasteiger partial charge < -0.3 is 9.52 Å². The van der Waals surface area contributed by atoms with E-state index < -0.39 is 5.63 Å². The van der Waals surface area contributed by atoms with Gasteiger partial charge in [-0.1, -0.05) is 36.8 Å². The monoisotopic (exact) mass is 349 g/mol. The van der Waals surface area contributed by atoms with Crippen LogP contribution in [-0.2, 0) is 6.54 Å². The topological polar surface area (TPSA) is 53.7 Å². The van der Waals surface area contributed by atoms with Crippen molar-refractivity contribution in [2.75, 3.05) is 6.54 Å². The minimum absolute atomic E-state index is 0.184. The van der Waals surface area contributed by atoms with Crippen LogP contribution in [0.1, 0.15) is 31.7 Å². The van der Waals surface area contributed by atoms with Gasteiger partial charge in [0.2, 0.25) is 0 Å². The molecule has 0 amide bonds. The lowest BCUT2D eigenvalue weighted by atomic mass is 9.98. The number of aromatic hydroxyl groups is 1. The molecule has 1 saturated heterocycles. The zero-order valence-electron chi connectivity index (χ0n) is 14.9. The second kappa shape index (κ2) is 6.96. The van der Waals surface area contributed by atoms with Gasteiger partial charge >= 0.3 is 5.63 Å². The SMILES string of the molecule is C[C@@H]1CCCCN1Cc1c(O)ccc2c(-c3ccccc3)cc(=O)oc12. The maximum Gasteiger partial charge on any atom is 0.336 e. The summed E-state index contributed by atoms with van der Waals surface area (Å²) < 4.78 is 5.57. The van der Waals surface area contributed by atoms with E-state index in [2.05, 4.69) is 11.8 Å². The van der Waals surface area contributed by atoms with Gasteiger partial charge in [-0.15, -0.1) is 0 Å². The fourth-order valence-electron chi connectivity index (χ4n) is 3.88. The van der Waals surface area contributed by atoms with Gasteiger partial charge in [0.15, 0.2) is 0 Å². The van der Waals surface area contributed by atoms with Crippen molar-refractivity contribution in [2.45, 2.75) is 38.8 Å². The first-order valence-corrected chi connectivity index (χ1v) is 9.21. The zero-order valence-corrected chi connectivity index (χ0v) is 14.9. The molecule has 0 aliphatic carbocycles. The first-order valence-electron chi connectivity index (χ1n) is 9.21. The van der Waals surface area contributed by atoms with Gasteiger partial charge in [-0.2, -0.15) is 0 Å². The predicted molar refractivity (Wildman–Crippen MR) is 103 cm³/mol. The Balaban J connectivity index is 1.87. The Morgan fingerprint density at radius 2 is 1.96 bits per heavy atom. The van der Waals surface area contributed by atoms with Crippen molar-refractivity contribution >= 4 is 11.0 Å². The van der Waals surface area contributed by atoms with E-state index in [1.54, 1.807) is 6.07 Å². The number of rotatable bonds is 3. The molecule has 1 atom stereocenters. The van der Waals surface area contributed by atoms with Crippen LogP contribution >= 0.6 is 0 Å². The standard InChI is InChI=1S/C22H23NO3/c1-15-7-5-6-12-23(15)14-19-20(24)11-10-17-18(13-21(25)26-22(17)19)16-8-3-2-4-9-16/h2-4,8-11,13,15,24H,5-7,12,14H2,1H3/t15-/m1/s1. The van der Waals surface area contributed by atoms with E-state index in [1.807, 2.05) is 36.4 Å². The molecule has 2 aromatic carbocycles. The summed E-state index contributed by atoms with van der Waals surface area (Å²) >= 11 is 0. The molecule has 1 N–H and O–H groups in total. The average Bonchev–Trinajstić information content (AvgIpc) is 2.66. The number of nitrogens with zero attached hydrogens (tertiary/aromatic N) is 1. The molecule has 0 radical (unpaired) electrons. The van der Waals surface area contributed by atoms with Gasteiger partial charge in [0.1, 0.15) is 11.3 Å². The number of phenols is 1. The van der Waals surface area contributed by atoms with Crippen molar-refractivity contribution in [3.05, 3.63) is 64.5 Å². The van der Waals surface area contributed by atoms with Crippen molar-refractivity contribution in [3.63, 3.8) is 0 Å². The average molecular weight is 349 g/mol. The Bertz CT molecular complexity index is 978. The Labute approximate surface area is 152 Å². The molecule has 134 valence electrons. The molecule has 1 aliphatic rings. The summed E-state index contributed by atoms with van der Waals surface area (Å²) in [7, 11) is 0. The minimum Gasteiger partial charge on any atom is -0.507 e. The first-order chi connectivity index (χ1) is 12.6. The number of phenolic OH excluding ortho intramolecular Hbond substituents is 1. The van der Waals surface area contributed by atoms with E-state index in [0.29, 0.717) is 23.7 Å². The molecule has 1 fully saturated rings. The summed E-state index contributed by atoms with van der Waals surface area (Å²) in [6, 6.07) is 15.3. The third-order valence-corrected chi connectivity index (χ3v) is 5.38. The van der Waals surface area contributed by atoms with Crippen molar-refractivity contribution in [1.29, 1.82) is 0 Å². The highest BCUT2D eigenvalue weighted by molar-refractivity contribution is 5.95. The van der Waals surface area contributed by atoms with Crippen molar-refractivity contribution in [1.82, 2.24) is 4.90 Å². The van der Waals surface area contributed by atoms with E-state index in [-0.39, 0.29) is 5.75 Å². The minimum atomic E-state index is -0.394. The molecule has 4 rings (SSSR count). The maximum atomic E-state index is 12.2. The van der Waals surface area contributed by atoms with Crippen molar-refractivity contribution < 1.29 is 9.52 Å². The van der Waals surface area contributed by atoms with Gasteiger partial charge in [0.05, 0.1) is 5.56 Å². The van der Waals surface area contributed by atoms with E-state index in [1.165, 1.54) is 12.5 Å². The van der Waals surface area contributed by atoms with Crippen LogP contribution in [0.2, 0.25) is 0 Å². The number of likely N-dealkylation sites (tertiary alicyclic amines) is 1. The smallest absolute Gasteiger partial charge is 0.336 e. The molecular weight excluding hydrogens is 326 g/mol. The highest BCUT2D eigenvalue weighted by atomic mass is 16.4. The summed E-state index contributed by atoms with van der Waals surface area (Å²) in [4.78, 5) is 14.6. The lowest BCUT2D eigenvalue weighted by Gasteiger charge is -2.33. The summed E-state index contributed by atoms with van der Waals surface area (Å²) in [5, 5.41) is 11.3. The second-order valence-electron chi connectivity index (χ2n) is 7.10. The van der Waals surface area contributed by atoms with Gasteiger partial charge in [-0.3, -0.25) is 4.90 Å². The number of piperidine rings is 1. The van der Waals surface area contributed by atoms with Crippen LogP contribution < -0.4 is 5.63 Å². The summed E-state index contributed by atoms with van der Waals surface area (Å²) in [6.07, 6.45) is 3.56. The van der Waals surface area contributed by atoms with Crippen LogP contribution in [-0.4, -0.2) is 22.6 Å². The predicted octanol–water partition coefficient (Wildman–Crippen LogP) is 4.54. The quantitative estimate of drug-likeness (QED) is 0.705. The van der Waals surface area contributed by atoms with Crippen molar-refractivity contribution in [2.24, 2.45) is 0 Å². The number of benzene rings is 2. The lowest BCUT2D eigenvalue weighted by Crippen LogP contribution is -2.36. The van der Waals surface area contributed by atoms with Gasteiger partial charge in [-0.25, -0.2) is 4.79 Å². The third kappa shape index (κ3) is 3.13. The Hall–Kier alpha value is -2.59. The van der Waals surface area contributed by atoms with Crippen molar-refractivity contribution in [3.8, 4) is 16.9 Å². The largest absolute Gasteiger partial charge is 0.507 e. The Morgan fingerprint density at radius 1 is 1.15 bits per heavy atom. The molecule has 1 aliphatic heterocycles. The van der Waals surface area contributed by atoms with E-state index >= 15 is 0 Å². The summed E-state index contributed by atoms with van der Waals surface area (Å²) in [5.41, 5.74) is 2.60. The number of fused-ring (bicyclic) bond motifs is 1. The fourth-order valence-corrected chi connectivity index (χ4v) is 3.88. The van der Waals surface area contributed by atoms with Crippen LogP contribution in [0.3, 0.4) is 0 Å². The Morgan fingerprint density at radius 3 is 2.73 bits per heavy atom. The molecule has 1 aromatic heterocycles. The second-order valence-corrected chi connectivity index (χ2v) is 7.10. The molecule has 0 spiro atoms. The fraction of sp³-hybridized carbons (Fsp3) is 0.318. The highest BCUT2D eigenvalue weighted by Gasteiger charge is 2.22. The molecule has 3 aromatic rings. The van der Waals surface area contributed by atoms with Gasteiger partial charge in [0.25, 0.3) is 0 Å². The van der Waals surface area contributed by atoms with E-state index in [0.717, 1.165) is 35.9 Å². The van der Waals surface area contributed by atoms with Crippen LogP contribution in [0.4, 0.5) is 0 Å². The van der Waals surface area contributed by atoms with Crippen LogP contribution in [0.25, 0.3) is 22.1 Å². The molecule has 4 heteroatoms. The molecule has 26 heavy (non-hydrogen) atoms. The molecule has 4 nitrogen and oxygen atoms in total.